The van der Waals surface area contributed by atoms with E-state index in [4.69, 9.17) is 5.73 Å². The van der Waals surface area contributed by atoms with Crippen LogP contribution in [0.25, 0.3) is 0 Å². The maximum atomic E-state index is 11.6. The Kier molecular flexibility index (Phi) is 4.06. The van der Waals surface area contributed by atoms with E-state index < -0.39 is 0 Å². The number of nitrogens with zero attached hydrogens (tertiary/aromatic N) is 1. The number of thioether (sulfide) groups is 1. The topological polar surface area (TPSA) is 46.3 Å². The minimum atomic E-state index is 0.179. The smallest absolute Gasteiger partial charge is 0.223 e. The maximum Gasteiger partial charge on any atom is 0.223 e. The Hall–Kier alpha value is -0.220. The number of carbonyl (C=O) groups is 1. The van der Waals surface area contributed by atoms with Gasteiger partial charge in [-0.05, 0) is 12.2 Å². The SMILES string of the molecule is CSCCC(=O)N1CC(C)C(N)C1. The Morgan fingerprint density at radius 2 is 2.31 bits per heavy atom. The van der Waals surface area contributed by atoms with Crippen LogP contribution in [0.1, 0.15) is 13.3 Å². The van der Waals surface area contributed by atoms with E-state index in [0.717, 1.165) is 18.8 Å². The van der Waals surface area contributed by atoms with Crippen molar-refractivity contribution in [1.29, 1.82) is 0 Å². The summed E-state index contributed by atoms with van der Waals surface area (Å²) in [5.41, 5.74) is 5.84. The Morgan fingerprint density at radius 1 is 1.62 bits per heavy atom. The Balaban J connectivity index is 2.33. The van der Waals surface area contributed by atoms with E-state index >= 15 is 0 Å². The highest BCUT2D eigenvalue weighted by molar-refractivity contribution is 7.98. The summed E-state index contributed by atoms with van der Waals surface area (Å²) >= 11 is 1.71. The van der Waals surface area contributed by atoms with Gasteiger partial charge in [0.1, 0.15) is 0 Å². The normalized spacial score (nSPS) is 28.1. The Morgan fingerprint density at radius 3 is 2.77 bits per heavy atom. The summed E-state index contributed by atoms with van der Waals surface area (Å²) in [7, 11) is 0. The zero-order valence-electron chi connectivity index (χ0n) is 8.32. The number of nitrogens with two attached hydrogens (primary N) is 1. The molecule has 1 aliphatic heterocycles. The van der Waals surface area contributed by atoms with E-state index in [-0.39, 0.29) is 11.9 Å². The van der Waals surface area contributed by atoms with Crippen molar-refractivity contribution in [3.8, 4) is 0 Å². The molecule has 0 aliphatic carbocycles. The van der Waals surface area contributed by atoms with Gasteiger partial charge in [0, 0.05) is 31.3 Å². The summed E-state index contributed by atoms with van der Waals surface area (Å²) in [6.45, 7) is 3.69. The average molecular weight is 202 g/mol. The van der Waals surface area contributed by atoms with Crippen molar-refractivity contribution < 1.29 is 4.79 Å². The van der Waals surface area contributed by atoms with Gasteiger partial charge in [-0.25, -0.2) is 0 Å². The first-order valence-corrected chi connectivity index (χ1v) is 6.07. The van der Waals surface area contributed by atoms with Crippen molar-refractivity contribution in [2.45, 2.75) is 19.4 Å². The van der Waals surface area contributed by atoms with Crippen LogP contribution in [0.2, 0.25) is 0 Å². The molecule has 0 aromatic rings. The van der Waals surface area contributed by atoms with Crippen LogP contribution < -0.4 is 5.73 Å². The quantitative estimate of drug-likeness (QED) is 0.727. The van der Waals surface area contributed by atoms with Crippen molar-refractivity contribution in [3.63, 3.8) is 0 Å². The highest BCUT2D eigenvalue weighted by atomic mass is 32.2. The van der Waals surface area contributed by atoms with Crippen LogP contribution in [-0.2, 0) is 4.79 Å². The molecule has 2 atom stereocenters. The zero-order valence-corrected chi connectivity index (χ0v) is 9.14. The molecular weight excluding hydrogens is 184 g/mol. The molecular formula is C9H18N2OS. The van der Waals surface area contributed by atoms with Crippen LogP contribution in [0.15, 0.2) is 0 Å². The maximum absolute atomic E-state index is 11.6. The largest absolute Gasteiger partial charge is 0.341 e. The second-order valence-corrected chi connectivity index (χ2v) is 4.67. The van der Waals surface area contributed by atoms with Gasteiger partial charge in [0.05, 0.1) is 0 Å². The number of hydrogen-bond acceptors (Lipinski definition) is 3. The minimum absolute atomic E-state index is 0.179. The number of likely N-dealkylation sites (tertiary alicyclic amines) is 1. The second kappa shape index (κ2) is 4.86. The lowest BCUT2D eigenvalue weighted by molar-refractivity contribution is -0.129. The highest BCUT2D eigenvalue weighted by Gasteiger charge is 2.29. The van der Waals surface area contributed by atoms with Crippen molar-refractivity contribution in [1.82, 2.24) is 4.90 Å². The van der Waals surface area contributed by atoms with Gasteiger partial charge < -0.3 is 10.6 Å². The summed E-state index contributed by atoms with van der Waals surface area (Å²) in [5.74, 6) is 1.63. The summed E-state index contributed by atoms with van der Waals surface area (Å²) < 4.78 is 0. The minimum Gasteiger partial charge on any atom is -0.341 e. The van der Waals surface area contributed by atoms with Gasteiger partial charge in [0.15, 0.2) is 0 Å². The predicted octanol–water partition coefficient (Wildman–Crippen LogP) is 0.545. The molecule has 1 saturated heterocycles. The molecule has 2 unspecified atom stereocenters. The Labute approximate surface area is 84.0 Å². The Bertz CT molecular complexity index is 176. The van der Waals surface area contributed by atoms with Crippen molar-refractivity contribution in [2.24, 2.45) is 11.7 Å². The third-order valence-corrected chi connectivity index (χ3v) is 3.16. The number of hydrogen-bond donors (Lipinski definition) is 1. The lowest BCUT2D eigenvalue weighted by Crippen LogP contribution is -2.32. The van der Waals surface area contributed by atoms with E-state index in [9.17, 15) is 4.79 Å². The van der Waals surface area contributed by atoms with E-state index in [2.05, 4.69) is 6.92 Å². The van der Waals surface area contributed by atoms with Crippen molar-refractivity contribution in [3.05, 3.63) is 0 Å². The molecule has 0 aromatic carbocycles. The first-order valence-electron chi connectivity index (χ1n) is 4.67. The summed E-state index contributed by atoms with van der Waals surface area (Å²) in [4.78, 5) is 13.4. The molecule has 1 rings (SSSR count). The van der Waals surface area contributed by atoms with Gasteiger partial charge >= 0.3 is 0 Å². The molecule has 1 aliphatic rings. The van der Waals surface area contributed by atoms with Gasteiger partial charge in [-0.1, -0.05) is 6.92 Å². The molecule has 13 heavy (non-hydrogen) atoms. The molecule has 0 spiro atoms. The fourth-order valence-electron chi connectivity index (χ4n) is 1.54. The molecule has 0 aromatic heterocycles. The first kappa shape index (κ1) is 10.9. The molecule has 0 saturated carbocycles. The van der Waals surface area contributed by atoms with E-state index in [1.807, 2.05) is 11.2 Å². The van der Waals surface area contributed by atoms with Gasteiger partial charge in [0.2, 0.25) is 5.91 Å². The molecule has 4 heteroatoms. The van der Waals surface area contributed by atoms with Gasteiger partial charge in [-0.3, -0.25) is 4.79 Å². The van der Waals surface area contributed by atoms with E-state index in [1.54, 1.807) is 11.8 Å². The van der Waals surface area contributed by atoms with E-state index in [0.29, 0.717) is 12.3 Å². The highest BCUT2D eigenvalue weighted by Crippen LogP contribution is 2.15. The standard InChI is InChI=1S/C9H18N2OS/c1-7-5-11(6-8(7)10)9(12)3-4-13-2/h7-8H,3-6,10H2,1-2H3. The molecule has 0 radical (unpaired) electrons. The van der Waals surface area contributed by atoms with Crippen LogP contribution >= 0.6 is 11.8 Å². The molecule has 1 heterocycles. The summed E-state index contributed by atoms with van der Waals surface area (Å²) in [6, 6.07) is 0.179. The van der Waals surface area contributed by atoms with Crippen molar-refractivity contribution in [2.75, 3.05) is 25.1 Å². The van der Waals surface area contributed by atoms with E-state index in [1.165, 1.54) is 0 Å². The molecule has 3 nitrogen and oxygen atoms in total. The third kappa shape index (κ3) is 2.88. The molecule has 1 amide bonds. The molecule has 1 fully saturated rings. The fraction of sp³-hybridized carbons (Fsp3) is 0.889. The predicted molar refractivity (Wildman–Crippen MR) is 56.7 cm³/mol. The number of amides is 1. The lowest BCUT2D eigenvalue weighted by Gasteiger charge is -2.15. The second-order valence-electron chi connectivity index (χ2n) is 3.68. The van der Waals surface area contributed by atoms with Gasteiger partial charge in [-0.2, -0.15) is 11.8 Å². The van der Waals surface area contributed by atoms with Crippen molar-refractivity contribution >= 4 is 17.7 Å². The van der Waals surface area contributed by atoms with Gasteiger partial charge in [-0.15, -0.1) is 0 Å². The van der Waals surface area contributed by atoms with Crippen LogP contribution in [0.3, 0.4) is 0 Å². The lowest BCUT2D eigenvalue weighted by atomic mass is 10.1. The fourth-order valence-corrected chi connectivity index (χ4v) is 1.92. The third-order valence-electron chi connectivity index (χ3n) is 2.54. The van der Waals surface area contributed by atoms with Crippen LogP contribution in [-0.4, -0.2) is 41.9 Å². The van der Waals surface area contributed by atoms with Crippen LogP contribution in [0.4, 0.5) is 0 Å². The number of carbonyl (C=O) groups excluding carboxylic acids is 1. The zero-order chi connectivity index (χ0) is 9.84. The van der Waals surface area contributed by atoms with Gasteiger partial charge in [0.25, 0.3) is 0 Å². The summed E-state index contributed by atoms with van der Waals surface area (Å²) in [5, 5.41) is 0. The monoisotopic (exact) mass is 202 g/mol. The van der Waals surface area contributed by atoms with Crippen LogP contribution in [0.5, 0.6) is 0 Å². The molecule has 76 valence electrons. The van der Waals surface area contributed by atoms with Crippen LogP contribution in [0, 0.1) is 5.92 Å². The number of rotatable bonds is 3. The molecule has 0 bridgehead atoms. The molecule has 2 N–H and O–H groups in total. The summed E-state index contributed by atoms with van der Waals surface area (Å²) in [6.07, 6.45) is 2.67. The average Bonchev–Trinajstić information content (AvgIpc) is 2.43. The first-order chi connectivity index (χ1) is 6.15.